The summed E-state index contributed by atoms with van der Waals surface area (Å²) in [6.07, 6.45) is 15.3. The highest BCUT2D eigenvalue weighted by atomic mass is 19.1. The molecule has 3 rings (SSSR count). The summed E-state index contributed by atoms with van der Waals surface area (Å²) in [6.45, 7) is 6.47. The summed E-state index contributed by atoms with van der Waals surface area (Å²) < 4.78 is 32.3. The van der Waals surface area contributed by atoms with Gasteiger partial charge in [-0.25, -0.2) is 9.18 Å². The summed E-state index contributed by atoms with van der Waals surface area (Å²) in [4.78, 5) is 25.4. The van der Waals surface area contributed by atoms with Crippen LogP contribution in [-0.2, 0) is 4.79 Å². The van der Waals surface area contributed by atoms with E-state index in [1.54, 1.807) is 54.6 Å². The van der Waals surface area contributed by atoms with E-state index in [-0.39, 0.29) is 28.9 Å². The molecule has 0 aliphatic heterocycles. The third-order valence-corrected chi connectivity index (χ3v) is 7.68. The number of unbranched alkanes of at least 4 members (excludes halogenated alkanes) is 10. The molecular weight excluding hydrogens is 555 g/mol. The molecule has 0 amide bonds. The Morgan fingerprint density at radius 2 is 1.25 bits per heavy atom. The Morgan fingerprint density at radius 3 is 1.93 bits per heavy atom. The normalized spacial score (nSPS) is 11.6. The number of hydrogen-bond acceptors (Lipinski definition) is 5. The van der Waals surface area contributed by atoms with E-state index in [2.05, 4.69) is 20.8 Å². The van der Waals surface area contributed by atoms with Crippen molar-refractivity contribution in [1.29, 1.82) is 0 Å². The van der Waals surface area contributed by atoms with E-state index in [4.69, 9.17) is 14.2 Å². The zero-order chi connectivity index (χ0) is 31.6. The monoisotopic (exact) mass is 604 g/mol. The molecule has 3 aromatic rings. The second-order valence-corrected chi connectivity index (χ2v) is 11.5. The van der Waals surface area contributed by atoms with Crippen LogP contribution in [0, 0.1) is 5.82 Å². The zero-order valence-electron chi connectivity index (χ0n) is 26.7. The van der Waals surface area contributed by atoms with Crippen LogP contribution in [-0.4, -0.2) is 18.0 Å². The Kier molecular flexibility index (Phi) is 15.5. The molecule has 0 spiro atoms. The molecule has 5 nitrogen and oxygen atoms in total. The van der Waals surface area contributed by atoms with Crippen molar-refractivity contribution in [1.82, 2.24) is 0 Å². The van der Waals surface area contributed by atoms with Gasteiger partial charge in [0.1, 0.15) is 23.1 Å². The molecule has 0 saturated carbocycles. The Labute approximate surface area is 263 Å². The van der Waals surface area contributed by atoms with Gasteiger partial charge in [-0.15, -0.1) is 0 Å². The number of halogens is 1. The standard InChI is InChI=1S/C38H49FO5/c1-4-6-8-10-11-13-15-21-37(40)43-32-26-27-34(36(39)28-32)33-19-16-17-20-35(33)38(41)44-31-24-22-30(23-25-31)42-29(3)18-14-12-9-7-5-2/h16-17,19-20,22-29H,4-15,18,21H2,1-3H3. The van der Waals surface area contributed by atoms with Gasteiger partial charge in [-0.05, 0) is 74.2 Å². The maximum Gasteiger partial charge on any atom is 0.344 e. The van der Waals surface area contributed by atoms with Crippen molar-refractivity contribution in [2.75, 3.05) is 0 Å². The van der Waals surface area contributed by atoms with E-state index >= 15 is 4.39 Å². The topological polar surface area (TPSA) is 61.8 Å². The average molecular weight is 605 g/mol. The molecule has 1 unspecified atom stereocenters. The summed E-state index contributed by atoms with van der Waals surface area (Å²) in [6, 6.07) is 17.9. The first-order valence-corrected chi connectivity index (χ1v) is 16.5. The molecule has 0 aliphatic rings. The lowest BCUT2D eigenvalue weighted by Gasteiger charge is -2.15. The number of ether oxygens (including phenoxy) is 3. The SMILES string of the molecule is CCCCCCCCCC(=O)Oc1ccc(-c2ccccc2C(=O)Oc2ccc(OC(C)CCCCCCC)cc2)c(F)c1. The van der Waals surface area contributed by atoms with Gasteiger partial charge < -0.3 is 14.2 Å². The number of esters is 2. The zero-order valence-corrected chi connectivity index (χ0v) is 26.7. The van der Waals surface area contributed by atoms with Gasteiger partial charge in [0.05, 0.1) is 11.7 Å². The predicted octanol–water partition coefficient (Wildman–Crippen LogP) is 10.9. The lowest BCUT2D eigenvalue weighted by molar-refractivity contribution is -0.134. The van der Waals surface area contributed by atoms with Gasteiger partial charge in [0.2, 0.25) is 0 Å². The molecule has 0 saturated heterocycles. The van der Waals surface area contributed by atoms with Gasteiger partial charge in [-0.1, -0.05) is 96.3 Å². The van der Waals surface area contributed by atoms with Crippen molar-refractivity contribution < 1.29 is 28.2 Å². The Hall–Kier alpha value is -3.67. The smallest absolute Gasteiger partial charge is 0.344 e. The van der Waals surface area contributed by atoms with E-state index in [1.807, 2.05) is 0 Å². The van der Waals surface area contributed by atoms with E-state index in [1.165, 1.54) is 63.5 Å². The van der Waals surface area contributed by atoms with E-state index in [9.17, 15) is 9.59 Å². The van der Waals surface area contributed by atoms with Gasteiger partial charge in [0.15, 0.2) is 0 Å². The van der Waals surface area contributed by atoms with Crippen LogP contribution < -0.4 is 14.2 Å². The van der Waals surface area contributed by atoms with Crippen molar-refractivity contribution in [2.24, 2.45) is 0 Å². The first-order chi connectivity index (χ1) is 21.4. The van der Waals surface area contributed by atoms with Gasteiger partial charge in [0.25, 0.3) is 0 Å². The third kappa shape index (κ3) is 12.1. The molecule has 0 bridgehead atoms. The average Bonchev–Trinajstić information content (AvgIpc) is 3.01. The maximum atomic E-state index is 15.2. The van der Waals surface area contributed by atoms with Crippen LogP contribution in [0.25, 0.3) is 11.1 Å². The molecule has 6 heteroatoms. The molecule has 238 valence electrons. The van der Waals surface area contributed by atoms with Gasteiger partial charge >= 0.3 is 11.9 Å². The summed E-state index contributed by atoms with van der Waals surface area (Å²) in [7, 11) is 0. The van der Waals surface area contributed by atoms with Crippen LogP contribution in [0.5, 0.6) is 17.2 Å². The van der Waals surface area contributed by atoms with Crippen LogP contribution in [0.2, 0.25) is 0 Å². The lowest BCUT2D eigenvalue weighted by atomic mass is 9.99. The van der Waals surface area contributed by atoms with Crippen molar-refractivity contribution in [3.05, 3.63) is 78.1 Å². The Balaban J connectivity index is 1.54. The molecule has 0 N–H and O–H groups in total. The maximum absolute atomic E-state index is 15.2. The Morgan fingerprint density at radius 1 is 0.659 bits per heavy atom. The molecule has 1 atom stereocenters. The first-order valence-electron chi connectivity index (χ1n) is 16.5. The summed E-state index contributed by atoms with van der Waals surface area (Å²) in [5.41, 5.74) is 0.840. The van der Waals surface area contributed by atoms with Crippen LogP contribution in [0.4, 0.5) is 4.39 Å². The van der Waals surface area contributed by atoms with Crippen molar-refractivity contribution in [3.8, 4) is 28.4 Å². The number of hydrogen-bond donors (Lipinski definition) is 0. The number of rotatable bonds is 20. The number of carbonyl (C=O) groups excluding carboxylic acids is 2. The van der Waals surface area contributed by atoms with Gasteiger partial charge in [0, 0.05) is 18.1 Å². The van der Waals surface area contributed by atoms with Crippen LogP contribution >= 0.6 is 0 Å². The Bertz CT molecular complexity index is 1290. The highest BCUT2D eigenvalue weighted by molar-refractivity contribution is 5.98. The van der Waals surface area contributed by atoms with Crippen LogP contribution in [0.15, 0.2) is 66.7 Å². The number of carbonyl (C=O) groups is 2. The fourth-order valence-corrected chi connectivity index (χ4v) is 5.16. The molecular formula is C38H49FO5. The molecule has 0 aromatic heterocycles. The second kappa shape index (κ2) is 19.6. The summed E-state index contributed by atoms with van der Waals surface area (Å²) in [5.74, 6) is -0.327. The van der Waals surface area contributed by atoms with Crippen LogP contribution in [0.1, 0.15) is 121 Å². The minimum Gasteiger partial charge on any atom is -0.491 e. The van der Waals surface area contributed by atoms with Gasteiger partial charge in [-0.3, -0.25) is 4.79 Å². The predicted molar refractivity (Wildman–Crippen MR) is 175 cm³/mol. The van der Waals surface area contributed by atoms with E-state index in [0.717, 1.165) is 37.9 Å². The first kappa shape index (κ1) is 34.8. The lowest BCUT2D eigenvalue weighted by Crippen LogP contribution is -2.12. The third-order valence-electron chi connectivity index (χ3n) is 7.68. The van der Waals surface area contributed by atoms with Crippen molar-refractivity contribution >= 4 is 11.9 Å². The molecule has 0 fully saturated rings. The fraction of sp³-hybridized carbons (Fsp3) is 0.474. The van der Waals surface area contributed by atoms with E-state index < -0.39 is 11.8 Å². The molecule has 3 aromatic carbocycles. The van der Waals surface area contributed by atoms with E-state index in [0.29, 0.717) is 17.7 Å². The van der Waals surface area contributed by atoms with Crippen LogP contribution in [0.3, 0.4) is 0 Å². The number of benzene rings is 3. The minimum atomic E-state index is -0.598. The van der Waals surface area contributed by atoms with Gasteiger partial charge in [-0.2, -0.15) is 0 Å². The summed E-state index contributed by atoms with van der Waals surface area (Å²) >= 11 is 0. The summed E-state index contributed by atoms with van der Waals surface area (Å²) in [5, 5.41) is 0. The largest absolute Gasteiger partial charge is 0.491 e. The fourth-order valence-electron chi connectivity index (χ4n) is 5.16. The van der Waals surface area contributed by atoms with Crippen molar-refractivity contribution in [3.63, 3.8) is 0 Å². The minimum absolute atomic E-state index is 0.104. The molecule has 0 heterocycles. The quantitative estimate of drug-likeness (QED) is 0.0729. The second-order valence-electron chi connectivity index (χ2n) is 11.5. The molecule has 0 radical (unpaired) electrons. The highest BCUT2D eigenvalue weighted by Crippen LogP contribution is 2.30. The molecule has 0 aliphatic carbocycles. The molecule has 44 heavy (non-hydrogen) atoms. The highest BCUT2D eigenvalue weighted by Gasteiger charge is 2.18. The van der Waals surface area contributed by atoms with Crippen molar-refractivity contribution in [2.45, 2.75) is 117 Å².